The SMILES string of the molecule is COc1ccc(-c2cccc(Cl)c2-c2ccc(OC)cc2)cc1. The van der Waals surface area contributed by atoms with Crippen molar-refractivity contribution in [1.29, 1.82) is 0 Å². The van der Waals surface area contributed by atoms with E-state index in [1.807, 2.05) is 60.7 Å². The van der Waals surface area contributed by atoms with E-state index in [1.165, 1.54) is 0 Å². The zero-order chi connectivity index (χ0) is 16.2. The van der Waals surface area contributed by atoms with Crippen LogP contribution in [0, 0.1) is 0 Å². The van der Waals surface area contributed by atoms with Crippen LogP contribution in [0.4, 0.5) is 0 Å². The van der Waals surface area contributed by atoms with Crippen molar-refractivity contribution in [3.8, 4) is 33.8 Å². The highest BCUT2D eigenvalue weighted by Gasteiger charge is 2.11. The molecule has 0 fully saturated rings. The predicted octanol–water partition coefficient (Wildman–Crippen LogP) is 5.69. The number of ether oxygens (including phenoxy) is 2. The molecule has 0 heterocycles. The first-order valence-electron chi connectivity index (χ1n) is 7.30. The second kappa shape index (κ2) is 6.76. The summed E-state index contributed by atoms with van der Waals surface area (Å²) in [6, 6.07) is 21.9. The molecule has 3 aromatic carbocycles. The van der Waals surface area contributed by atoms with Crippen molar-refractivity contribution in [2.45, 2.75) is 0 Å². The zero-order valence-corrected chi connectivity index (χ0v) is 13.8. The van der Waals surface area contributed by atoms with Gasteiger partial charge in [0, 0.05) is 10.6 Å². The van der Waals surface area contributed by atoms with Crippen molar-refractivity contribution < 1.29 is 9.47 Å². The van der Waals surface area contributed by atoms with E-state index in [9.17, 15) is 0 Å². The average Bonchev–Trinajstić information content (AvgIpc) is 2.62. The Morgan fingerprint density at radius 1 is 0.652 bits per heavy atom. The van der Waals surface area contributed by atoms with Crippen LogP contribution < -0.4 is 9.47 Å². The summed E-state index contributed by atoms with van der Waals surface area (Å²) in [5.74, 6) is 1.66. The minimum Gasteiger partial charge on any atom is -0.497 e. The van der Waals surface area contributed by atoms with E-state index >= 15 is 0 Å². The van der Waals surface area contributed by atoms with Crippen LogP contribution in [-0.2, 0) is 0 Å². The Morgan fingerprint density at radius 3 is 1.70 bits per heavy atom. The van der Waals surface area contributed by atoms with Gasteiger partial charge in [0.05, 0.1) is 14.2 Å². The smallest absolute Gasteiger partial charge is 0.118 e. The summed E-state index contributed by atoms with van der Waals surface area (Å²) in [7, 11) is 3.32. The molecule has 0 aliphatic carbocycles. The van der Waals surface area contributed by atoms with Crippen molar-refractivity contribution in [1.82, 2.24) is 0 Å². The molecule has 3 aromatic rings. The second-order valence-corrected chi connectivity index (χ2v) is 5.53. The van der Waals surface area contributed by atoms with E-state index < -0.39 is 0 Å². The van der Waals surface area contributed by atoms with Crippen LogP contribution in [-0.4, -0.2) is 14.2 Å². The topological polar surface area (TPSA) is 18.5 Å². The number of halogens is 1. The first-order valence-corrected chi connectivity index (χ1v) is 7.68. The van der Waals surface area contributed by atoms with Crippen molar-refractivity contribution >= 4 is 11.6 Å². The summed E-state index contributed by atoms with van der Waals surface area (Å²) in [5, 5.41) is 0.725. The molecule has 0 bridgehead atoms. The molecule has 3 heteroatoms. The first-order chi connectivity index (χ1) is 11.2. The van der Waals surface area contributed by atoms with Crippen molar-refractivity contribution in [2.75, 3.05) is 14.2 Å². The highest BCUT2D eigenvalue weighted by molar-refractivity contribution is 6.34. The number of hydrogen-bond donors (Lipinski definition) is 0. The van der Waals surface area contributed by atoms with Crippen LogP contribution in [0.5, 0.6) is 11.5 Å². The molecule has 0 aliphatic heterocycles. The number of benzene rings is 3. The highest BCUT2D eigenvalue weighted by Crippen LogP contribution is 2.38. The molecule has 0 unspecified atom stereocenters. The average molecular weight is 325 g/mol. The molecule has 0 amide bonds. The van der Waals surface area contributed by atoms with Crippen molar-refractivity contribution in [3.63, 3.8) is 0 Å². The van der Waals surface area contributed by atoms with E-state index in [0.29, 0.717) is 0 Å². The molecule has 0 aliphatic rings. The van der Waals surface area contributed by atoms with Crippen molar-refractivity contribution in [3.05, 3.63) is 71.8 Å². The van der Waals surface area contributed by atoms with Gasteiger partial charge in [-0.1, -0.05) is 48.0 Å². The summed E-state index contributed by atoms with van der Waals surface area (Å²) in [5.41, 5.74) is 4.26. The summed E-state index contributed by atoms with van der Waals surface area (Å²) in [6.45, 7) is 0. The molecule has 2 nitrogen and oxygen atoms in total. The lowest BCUT2D eigenvalue weighted by molar-refractivity contribution is 0.414. The maximum Gasteiger partial charge on any atom is 0.118 e. The Labute approximate surface area is 141 Å². The Hall–Kier alpha value is -2.45. The van der Waals surface area contributed by atoms with Gasteiger partial charge in [-0.2, -0.15) is 0 Å². The molecule has 116 valence electrons. The summed E-state index contributed by atoms with van der Waals surface area (Å²) in [4.78, 5) is 0. The van der Waals surface area contributed by atoms with Gasteiger partial charge in [-0.05, 0) is 47.0 Å². The van der Waals surface area contributed by atoms with E-state index in [4.69, 9.17) is 21.1 Å². The normalized spacial score (nSPS) is 10.4. The Bertz CT molecular complexity index is 793. The fourth-order valence-corrected chi connectivity index (χ4v) is 2.87. The van der Waals surface area contributed by atoms with Gasteiger partial charge in [-0.3, -0.25) is 0 Å². The van der Waals surface area contributed by atoms with Crippen LogP contribution in [0.2, 0.25) is 5.02 Å². The zero-order valence-electron chi connectivity index (χ0n) is 13.0. The molecule has 0 saturated carbocycles. The molecule has 0 atom stereocenters. The van der Waals surface area contributed by atoms with E-state index in [0.717, 1.165) is 38.8 Å². The largest absolute Gasteiger partial charge is 0.497 e. The fourth-order valence-electron chi connectivity index (χ4n) is 2.59. The minimum atomic E-state index is 0.725. The van der Waals surface area contributed by atoms with E-state index in [1.54, 1.807) is 14.2 Å². The van der Waals surface area contributed by atoms with Gasteiger partial charge in [0.2, 0.25) is 0 Å². The van der Waals surface area contributed by atoms with E-state index in [2.05, 4.69) is 6.07 Å². The quantitative estimate of drug-likeness (QED) is 0.613. The van der Waals surface area contributed by atoms with Gasteiger partial charge < -0.3 is 9.47 Å². The Balaban J connectivity index is 2.11. The van der Waals surface area contributed by atoms with Gasteiger partial charge >= 0.3 is 0 Å². The van der Waals surface area contributed by atoms with E-state index in [-0.39, 0.29) is 0 Å². The van der Waals surface area contributed by atoms with Gasteiger partial charge in [0.15, 0.2) is 0 Å². The summed E-state index contributed by atoms with van der Waals surface area (Å²) in [6.07, 6.45) is 0. The lowest BCUT2D eigenvalue weighted by Crippen LogP contribution is -1.88. The number of hydrogen-bond acceptors (Lipinski definition) is 2. The van der Waals surface area contributed by atoms with Crippen LogP contribution in [0.15, 0.2) is 66.7 Å². The number of methoxy groups -OCH3 is 2. The van der Waals surface area contributed by atoms with Crippen molar-refractivity contribution in [2.24, 2.45) is 0 Å². The molecular weight excluding hydrogens is 308 g/mol. The molecule has 0 aromatic heterocycles. The van der Waals surface area contributed by atoms with Crippen LogP contribution in [0.25, 0.3) is 22.3 Å². The lowest BCUT2D eigenvalue weighted by atomic mass is 9.94. The Kier molecular flexibility index (Phi) is 4.54. The third-order valence-electron chi connectivity index (χ3n) is 3.79. The van der Waals surface area contributed by atoms with Gasteiger partial charge in [-0.15, -0.1) is 0 Å². The third kappa shape index (κ3) is 3.17. The first kappa shape index (κ1) is 15.4. The predicted molar refractivity (Wildman–Crippen MR) is 95.4 cm³/mol. The molecule has 0 N–H and O–H groups in total. The minimum absolute atomic E-state index is 0.725. The third-order valence-corrected chi connectivity index (χ3v) is 4.11. The molecule has 3 rings (SSSR count). The monoisotopic (exact) mass is 324 g/mol. The summed E-state index contributed by atoms with van der Waals surface area (Å²) >= 11 is 6.49. The molecule has 0 radical (unpaired) electrons. The maximum atomic E-state index is 6.49. The number of rotatable bonds is 4. The summed E-state index contributed by atoms with van der Waals surface area (Å²) < 4.78 is 10.5. The molecule has 0 saturated heterocycles. The highest BCUT2D eigenvalue weighted by atomic mass is 35.5. The maximum absolute atomic E-state index is 6.49. The van der Waals surface area contributed by atoms with Crippen LogP contribution in [0.1, 0.15) is 0 Å². The molecular formula is C20H17ClO2. The van der Waals surface area contributed by atoms with Crippen LogP contribution in [0.3, 0.4) is 0 Å². The van der Waals surface area contributed by atoms with Gasteiger partial charge in [0.25, 0.3) is 0 Å². The lowest BCUT2D eigenvalue weighted by Gasteiger charge is -2.13. The fraction of sp³-hybridized carbons (Fsp3) is 0.100. The second-order valence-electron chi connectivity index (χ2n) is 5.12. The molecule has 0 spiro atoms. The molecule has 23 heavy (non-hydrogen) atoms. The Morgan fingerprint density at radius 2 is 1.17 bits per heavy atom. The standard InChI is InChI=1S/C20H17ClO2/c1-22-16-10-6-14(7-11-16)18-4-3-5-19(21)20(18)15-8-12-17(23-2)13-9-15/h3-13H,1-2H3. The van der Waals surface area contributed by atoms with Gasteiger partial charge in [0.1, 0.15) is 11.5 Å². The van der Waals surface area contributed by atoms with Gasteiger partial charge in [-0.25, -0.2) is 0 Å². The van der Waals surface area contributed by atoms with Crippen LogP contribution >= 0.6 is 11.6 Å².